The van der Waals surface area contributed by atoms with Crippen LogP contribution in [-0.4, -0.2) is 67.5 Å². The highest BCUT2D eigenvalue weighted by molar-refractivity contribution is 5.96. The molecule has 2 heterocycles. The molecule has 2 aliphatic heterocycles. The molecule has 0 N–H and O–H groups in total. The van der Waals surface area contributed by atoms with Gasteiger partial charge in [0, 0.05) is 49.8 Å². The molecule has 43 heavy (non-hydrogen) atoms. The first-order chi connectivity index (χ1) is 20.8. The first-order valence-corrected chi connectivity index (χ1v) is 14.8. The van der Waals surface area contributed by atoms with Crippen LogP contribution in [-0.2, 0) is 20.9 Å². The number of nitrogens with zero attached hydrogens (tertiary/aromatic N) is 3. The van der Waals surface area contributed by atoms with Crippen molar-refractivity contribution in [2.45, 2.75) is 39.7 Å². The molecule has 1 unspecified atom stereocenters. The Hall–Kier alpha value is -4.59. The Morgan fingerprint density at radius 1 is 0.884 bits per heavy atom. The summed E-state index contributed by atoms with van der Waals surface area (Å²) >= 11 is 0. The number of rotatable bonds is 8. The summed E-state index contributed by atoms with van der Waals surface area (Å²) in [6.07, 6.45) is 0.186. The van der Waals surface area contributed by atoms with Gasteiger partial charge in [0.05, 0.1) is 31.5 Å². The van der Waals surface area contributed by atoms with Gasteiger partial charge in [0.25, 0.3) is 5.91 Å². The lowest BCUT2D eigenvalue weighted by Gasteiger charge is -2.36. The van der Waals surface area contributed by atoms with Crippen LogP contribution in [0.25, 0.3) is 0 Å². The van der Waals surface area contributed by atoms with Crippen LogP contribution in [0.5, 0.6) is 5.75 Å². The van der Waals surface area contributed by atoms with E-state index in [1.54, 1.807) is 18.9 Å². The van der Waals surface area contributed by atoms with E-state index in [9.17, 15) is 14.4 Å². The maximum atomic E-state index is 13.4. The van der Waals surface area contributed by atoms with Crippen LogP contribution >= 0.6 is 0 Å². The minimum atomic E-state index is -0.394. The number of piperazine rings is 1. The van der Waals surface area contributed by atoms with Gasteiger partial charge in [0.1, 0.15) is 5.75 Å². The van der Waals surface area contributed by atoms with Crippen molar-refractivity contribution in [3.8, 4) is 5.75 Å². The zero-order valence-corrected chi connectivity index (χ0v) is 25.3. The summed E-state index contributed by atoms with van der Waals surface area (Å²) < 4.78 is 10.9. The first-order valence-electron chi connectivity index (χ1n) is 14.8. The maximum absolute atomic E-state index is 13.4. The third kappa shape index (κ3) is 6.43. The molecular weight excluding hydrogens is 542 g/mol. The molecule has 224 valence electrons. The van der Waals surface area contributed by atoms with Crippen LogP contribution in [0.15, 0.2) is 84.1 Å². The van der Waals surface area contributed by atoms with Crippen molar-refractivity contribution < 1.29 is 23.9 Å². The van der Waals surface area contributed by atoms with Gasteiger partial charge >= 0.3 is 5.97 Å². The zero-order chi connectivity index (χ0) is 30.5. The van der Waals surface area contributed by atoms with E-state index in [2.05, 4.69) is 4.90 Å². The quantitative estimate of drug-likeness (QED) is 0.335. The monoisotopic (exact) mass is 581 g/mol. The van der Waals surface area contributed by atoms with Crippen LogP contribution in [0.4, 0.5) is 5.69 Å². The Balaban J connectivity index is 1.28. The van der Waals surface area contributed by atoms with Gasteiger partial charge in [0.2, 0.25) is 5.91 Å². The van der Waals surface area contributed by atoms with Crippen molar-refractivity contribution in [2.24, 2.45) is 0 Å². The molecule has 5 rings (SSSR count). The molecule has 0 aliphatic carbocycles. The summed E-state index contributed by atoms with van der Waals surface area (Å²) in [5.41, 5.74) is 5.68. The predicted octanol–water partition coefficient (Wildman–Crippen LogP) is 5.32. The molecule has 0 aromatic heterocycles. The van der Waals surface area contributed by atoms with Gasteiger partial charge in [-0.25, -0.2) is 4.79 Å². The smallest absolute Gasteiger partial charge is 0.336 e. The molecule has 8 heteroatoms. The van der Waals surface area contributed by atoms with Gasteiger partial charge in [-0.2, -0.15) is 0 Å². The second kappa shape index (κ2) is 13.2. The molecule has 2 amide bonds. The summed E-state index contributed by atoms with van der Waals surface area (Å²) in [6.45, 7) is 8.84. The largest absolute Gasteiger partial charge is 0.495 e. The van der Waals surface area contributed by atoms with E-state index < -0.39 is 5.97 Å². The summed E-state index contributed by atoms with van der Waals surface area (Å²) in [6, 6.07) is 23.3. The molecule has 0 radical (unpaired) electrons. The van der Waals surface area contributed by atoms with E-state index in [4.69, 9.17) is 9.47 Å². The number of carbonyl (C=O) groups is 3. The van der Waals surface area contributed by atoms with Crippen molar-refractivity contribution in [1.82, 2.24) is 9.80 Å². The van der Waals surface area contributed by atoms with E-state index >= 15 is 0 Å². The average molecular weight is 582 g/mol. The number of hydrogen-bond acceptors (Lipinski definition) is 6. The predicted molar refractivity (Wildman–Crippen MR) is 166 cm³/mol. The number of aryl methyl sites for hydroxylation is 1. The lowest BCUT2D eigenvalue weighted by molar-refractivity contribution is -0.140. The van der Waals surface area contributed by atoms with E-state index in [0.717, 1.165) is 41.2 Å². The van der Waals surface area contributed by atoms with Crippen molar-refractivity contribution in [1.29, 1.82) is 0 Å². The lowest BCUT2D eigenvalue weighted by Crippen LogP contribution is -2.48. The highest BCUT2D eigenvalue weighted by Crippen LogP contribution is 2.38. The minimum absolute atomic E-state index is 0.0121. The molecule has 2 aliphatic rings. The zero-order valence-electron chi connectivity index (χ0n) is 25.3. The number of anilines is 1. The van der Waals surface area contributed by atoms with E-state index in [1.165, 1.54) is 0 Å². The van der Waals surface area contributed by atoms with Crippen LogP contribution in [0.2, 0.25) is 0 Å². The Morgan fingerprint density at radius 2 is 1.56 bits per heavy atom. The van der Waals surface area contributed by atoms with Crippen LogP contribution in [0, 0.1) is 6.92 Å². The Labute approximate surface area is 253 Å². The summed E-state index contributed by atoms with van der Waals surface area (Å²) in [7, 11) is 1.67. The molecular formula is C35H39N3O5. The second-order valence-corrected chi connectivity index (χ2v) is 11.0. The van der Waals surface area contributed by atoms with Gasteiger partial charge in [-0.05, 0) is 56.2 Å². The highest BCUT2D eigenvalue weighted by Gasteiger charge is 2.37. The Bertz CT molecular complexity index is 1510. The highest BCUT2D eigenvalue weighted by atomic mass is 16.5. The number of benzene rings is 3. The summed E-state index contributed by atoms with van der Waals surface area (Å²) in [4.78, 5) is 45.6. The lowest BCUT2D eigenvalue weighted by atomic mass is 9.83. The normalized spacial score (nSPS) is 17.3. The number of para-hydroxylation sites is 2. The van der Waals surface area contributed by atoms with Gasteiger partial charge in [-0.3, -0.25) is 9.59 Å². The topological polar surface area (TPSA) is 79.4 Å². The number of carbonyl (C=O) groups excluding carboxylic acids is 3. The number of methoxy groups -OCH3 is 1. The Morgan fingerprint density at radius 3 is 2.21 bits per heavy atom. The maximum Gasteiger partial charge on any atom is 0.336 e. The molecule has 8 nitrogen and oxygen atoms in total. The molecule has 1 atom stereocenters. The fraction of sp³-hybridized carbons (Fsp3) is 0.343. The van der Waals surface area contributed by atoms with Crippen molar-refractivity contribution >= 4 is 23.5 Å². The summed E-state index contributed by atoms with van der Waals surface area (Å²) in [5.74, 6) is 0.0166. The first kappa shape index (κ1) is 29.9. The third-order valence-corrected chi connectivity index (χ3v) is 8.33. The van der Waals surface area contributed by atoms with E-state index in [1.807, 2.05) is 91.5 Å². The fourth-order valence-corrected chi connectivity index (χ4v) is 5.92. The Kier molecular flexibility index (Phi) is 9.14. The molecule has 3 aromatic carbocycles. The second-order valence-electron chi connectivity index (χ2n) is 11.0. The van der Waals surface area contributed by atoms with E-state index in [-0.39, 0.29) is 30.8 Å². The van der Waals surface area contributed by atoms with Crippen LogP contribution in [0.3, 0.4) is 0 Å². The molecule has 0 saturated carbocycles. The summed E-state index contributed by atoms with van der Waals surface area (Å²) in [5, 5.41) is 0. The van der Waals surface area contributed by atoms with E-state index in [0.29, 0.717) is 36.5 Å². The van der Waals surface area contributed by atoms with Crippen molar-refractivity contribution in [2.75, 3.05) is 44.8 Å². The number of ether oxygens (including phenoxy) is 2. The van der Waals surface area contributed by atoms with Crippen molar-refractivity contribution in [3.05, 3.63) is 106 Å². The average Bonchev–Trinajstić information content (AvgIpc) is 3.03. The van der Waals surface area contributed by atoms with Gasteiger partial charge in [-0.15, -0.1) is 0 Å². The molecule has 0 bridgehead atoms. The molecule has 1 saturated heterocycles. The van der Waals surface area contributed by atoms with Gasteiger partial charge < -0.3 is 24.2 Å². The number of hydrogen-bond donors (Lipinski definition) is 0. The number of allylic oxidation sites excluding steroid dienone is 1. The van der Waals surface area contributed by atoms with Crippen molar-refractivity contribution in [3.63, 3.8) is 0 Å². The fourth-order valence-electron chi connectivity index (χ4n) is 5.92. The molecule has 0 spiro atoms. The number of esters is 1. The molecule has 1 fully saturated rings. The van der Waals surface area contributed by atoms with Crippen LogP contribution < -0.4 is 9.64 Å². The standard InChI is InChI=1S/C35H39N3O5/c1-5-43-35(41)33-25(3)38(32(39)22-29(33)27-14-10-24(2)11-15-27)23-26-12-16-28(17-13-26)34(40)37-20-18-36(19-21-37)30-8-6-7-9-31(30)42-4/h6-17,29H,5,18-23H2,1-4H3. The molecule has 3 aromatic rings. The van der Waals surface area contributed by atoms with Gasteiger partial charge in [0.15, 0.2) is 0 Å². The number of amides is 2. The minimum Gasteiger partial charge on any atom is -0.495 e. The van der Waals surface area contributed by atoms with Crippen LogP contribution in [0.1, 0.15) is 53.2 Å². The van der Waals surface area contributed by atoms with Gasteiger partial charge in [-0.1, -0.05) is 54.1 Å². The SMILES string of the molecule is CCOC(=O)C1=C(C)N(Cc2ccc(C(=O)N3CCN(c4ccccc4OC)CC3)cc2)C(=O)CC1c1ccc(C)cc1. The third-order valence-electron chi connectivity index (χ3n) is 8.33.